The van der Waals surface area contributed by atoms with Crippen LogP contribution in [0, 0.1) is 0 Å². The van der Waals surface area contributed by atoms with Crippen LogP contribution in [0.5, 0.6) is 11.5 Å². The fourth-order valence-corrected chi connectivity index (χ4v) is 2.42. The molecule has 0 spiro atoms. The maximum atomic E-state index is 5.53. The molecule has 0 radical (unpaired) electrons. The second-order valence-electron chi connectivity index (χ2n) is 3.98. The Bertz CT molecular complexity index is 582. The van der Waals surface area contributed by atoms with Gasteiger partial charge in [0.2, 0.25) is 6.79 Å². The van der Waals surface area contributed by atoms with E-state index < -0.39 is 0 Å². The molecule has 1 aromatic rings. The van der Waals surface area contributed by atoms with Gasteiger partial charge in [-0.2, -0.15) is 0 Å². The van der Waals surface area contributed by atoms with E-state index in [1.807, 2.05) is 18.4 Å². The number of allylic oxidation sites excluding steroid dienone is 3. The van der Waals surface area contributed by atoms with Gasteiger partial charge in [-0.3, -0.25) is 4.99 Å². The van der Waals surface area contributed by atoms with Crippen molar-refractivity contribution in [1.82, 2.24) is 0 Å². The zero-order valence-electron chi connectivity index (χ0n) is 8.56. The topological polar surface area (TPSA) is 30.8 Å². The van der Waals surface area contributed by atoms with Gasteiger partial charge in [0.15, 0.2) is 11.5 Å². The van der Waals surface area contributed by atoms with Gasteiger partial charge in [-0.1, -0.05) is 12.1 Å². The summed E-state index contributed by atoms with van der Waals surface area (Å²) in [6.45, 7) is 0.331. The summed E-state index contributed by atoms with van der Waals surface area (Å²) in [5.74, 6) is 1.76. The number of benzene rings is 1. The van der Waals surface area contributed by atoms with Crippen LogP contribution in [0.3, 0.4) is 0 Å². The Kier molecular flexibility index (Phi) is 1.41. The first-order valence-corrected chi connectivity index (χ1v) is 5.30. The smallest absolute Gasteiger partial charge is 0.231 e. The molecule has 3 nitrogen and oxygen atoms in total. The highest BCUT2D eigenvalue weighted by atomic mass is 16.7. The van der Waals surface area contributed by atoms with Crippen LogP contribution in [0.4, 0.5) is 0 Å². The average molecular weight is 211 g/mol. The summed E-state index contributed by atoms with van der Waals surface area (Å²) in [5.41, 5.74) is 4.71. The monoisotopic (exact) mass is 211 g/mol. The van der Waals surface area contributed by atoms with Gasteiger partial charge in [-0.25, -0.2) is 0 Å². The lowest BCUT2D eigenvalue weighted by Crippen LogP contribution is -2.01. The van der Waals surface area contributed by atoms with Crippen molar-refractivity contribution < 1.29 is 9.47 Å². The van der Waals surface area contributed by atoms with Gasteiger partial charge in [-0.15, -0.1) is 0 Å². The minimum Gasteiger partial charge on any atom is -0.454 e. The van der Waals surface area contributed by atoms with Crippen molar-refractivity contribution in [1.29, 1.82) is 0 Å². The van der Waals surface area contributed by atoms with Crippen molar-refractivity contribution in [3.63, 3.8) is 0 Å². The molecule has 0 atom stereocenters. The number of rotatable bonds is 0. The molecule has 3 aliphatic rings. The van der Waals surface area contributed by atoms with Crippen molar-refractivity contribution >= 4 is 11.8 Å². The molecule has 78 valence electrons. The Balaban J connectivity index is 1.98. The highest BCUT2D eigenvalue weighted by Gasteiger charge is 2.26. The molecular weight excluding hydrogens is 202 g/mol. The molecule has 0 fully saturated rings. The molecule has 0 saturated carbocycles. The van der Waals surface area contributed by atoms with Crippen molar-refractivity contribution in [3.05, 3.63) is 41.1 Å². The lowest BCUT2D eigenvalue weighted by molar-refractivity contribution is 0.173. The van der Waals surface area contributed by atoms with E-state index in [4.69, 9.17) is 9.47 Å². The summed E-state index contributed by atoms with van der Waals surface area (Å²) >= 11 is 0. The standard InChI is InChI=1S/C13H9NO2/c1-3-11-9(5-6-14-11)8-2-4-12-13(10(1)8)16-7-15-12/h2-6H,1,7H2. The third-order valence-corrected chi connectivity index (χ3v) is 3.16. The summed E-state index contributed by atoms with van der Waals surface area (Å²) in [6.07, 6.45) is 6.90. The van der Waals surface area contributed by atoms with Gasteiger partial charge in [-0.05, 0) is 24.1 Å². The molecule has 2 heterocycles. The van der Waals surface area contributed by atoms with Crippen LogP contribution in [0.15, 0.2) is 35.0 Å². The Morgan fingerprint density at radius 2 is 2.19 bits per heavy atom. The zero-order chi connectivity index (χ0) is 10.5. The van der Waals surface area contributed by atoms with E-state index in [1.54, 1.807) is 0 Å². The number of hydrogen-bond donors (Lipinski definition) is 0. The van der Waals surface area contributed by atoms with Gasteiger partial charge in [0, 0.05) is 17.4 Å². The molecule has 0 saturated heterocycles. The van der Waals surface area contributed by atoms with Gasteiger partial charge >= 0.3 is 0 Å². The predicted octanol–water partition coefficient (Wildman–Crippen LogP) is 2.32. The fraction of sp³-hybridized carbons (Fsp3) is 0.154. The van der Waals surface area contributed by atoms with Gasteiger partial charge in [0.05, 0.1) is 5.70 Å². The van der Waals surface area contributed by atoms with Crippen molar-refractivity contribution in [2.45, 2.75) is 6.42 Å². The molecule has 4 rings (SSSR count). The van der Waals surface area contributed by atoms with E-state index in [1.165, 1.54) is 16.7 Å². The maximum Gasteiger partial charge on any atom is 0.231 e. The van der Waals surface area contributed by atoms with E-state index in [0.29, 0.717) is 6.79 Å². The van der Waals surface area contributed by atoms with E-state index in [2.05, 4.69) is 17.1 Å². The largest absolute Gasteiger partial charge is 0.454 e. The van der Waals surface area contributed by atoms with Gasteiger partial charge in [0.25, 0.3) is 0 Å². The van der Waals surface area contributed by atoms with Crippen LogP contribution in [-0.4, -0.2) is 13.0 Å². The predicted molar refractivity (Wildman–Crippen MR) is 60.8 cm³/mol. The van der Waals surface area contributed by atoms with E-state index in [-0.39, 0.29) is 0 Å². The molecule has 0 bridgehead atoms. The second kappa shape index (κ2) is 2.76. The van der Waals surface area contributed by atoms with Crippen LogP contribution in [0.25, 0.3) is 5.57 Å². The number of hydrogen-bond acceptors (Lipinski definition) is 3. The third kappa shape index (κ3) is 0.902. The molecule has 0 aromatic heterocycles. The molecule has 0 N–H and O–H groups in total. The van der Waals surface area contributed by atoms with Crippen molar-refractivity contribution in [2.75, 3.05) is 6.79 Å². The van der Waals surface area contributed by atoms with Crippen LogP contribution in [0.2, 0.25) is 0 Å². The number of aliphatic imine (C=N–C) groups is 1. The lowest BCUT2D eigenvalue weighted by Gasteiger charge is -2.17. The summed E-state index contributed by atoms with van der Waals surface area (Å²) in [5, 5.41) is 0. The van der Waals surface area contributed by atoms with Crippen molar-refractivity contribution in [3.8, 4) is 11.5 Å². The summed E-state index contributed by atoms with van der Waals surface area (Å²) in [7, 11) is 0. The lowest BCUT2D eigenvalue weighted by atomic mass is 9.90. The molecule has 2 aliphatic heterocycles. The zero-order valence-corrected chi connectivity index (χ0v) is 8.56. The first-order chi connectivity index (χ1) is 7.93. The quantitative estimate of drug-likeness (QED) is 0.659. The van der Waals surface area contributed by atoms with Crippen LogP contribution in [-0.2, 0) is 6.42 Å². The fourth-order valence-electron chi connectivity index (χ4n) is 2.42. The van der Waals surface area contributed by atoms with E-state index >= 15 is 0 Å². The minimum atomic E-state index is 0.331. The SMILES string of the molecule is C1=NC2=CCc3c(ccc4c3OCO4)C2=C1. The van der Waals surface area contributed by atoms with Crippen LogP contribution < -0.4 is 9.47 Å². The van der Waals surface area contributed by atoms with Crippen molar-refractivity contribution in [2.24, 2.45) is 4.99 Å². The molecule has 1 aliphatic carbocycles. The highest BCUT2D eigenvalue weighted by molar-refractivity contribution is 5.99. The summed E-state index contributed by atoms with van der Waals surface area (Å²) < 4.78 is 10.9. The second-order valence-corrected chi connectivity index (χ2v) is 3.98. The molecule has 3 heteroatoms. The number of ether oxygens (including phenoxy) is 2. The Labute approximate surface area is 92.7 Å². The molecule has 1 aromatic carbocycles. The number of nitrogens with zero attached hydrogens (tertiary/aromatic N) is 1. The molecular formula is C13H9NO2. The third-order valence-electron chi connectivity index (χ3n) is 3.16. The normalized spacial score (nSPS) is 19.0. The molecule has 0 amide bonds. The molecule has 16 heavy (non-hydrogen) atoms. The first-order valence-electron chi connectivity index (χ1n) is 5.30. The van der Waals surface area contributed by atoms with Gasteiger partial charge in [0.1, 0.15) is 0 Å². The summed E-state index contributed by atoms with van der Waals surface area (Å²) in [4.78, 5) is 4.32. The average Bonchev–Trinajstić information content (AvgIpc) is 2.96. The Morgan fingerprint density at radius 1 is 1.19 bits per heavy atom. The van der Waals surface area contributed by atoms with E-state index in [0.717, 1.165) is 23.6 Å². The molecule has 0 unspecified atom stereocenters. The number of fused-ring (bicyclic) bond motifs is 5. The minimum absolute atomic E-state index is 0.331. The van der Waals surface area contributed by atoms with Crippen LogP contribution in [0.1, 0.15) is 11.1 Å². The Morgan fingerprint density at radius 3 is 3.19 bits per heavy atom. The maximum absolute atomic E-state index is 5.53. The van der Waals surface area contributed by atoms with Crippen LogP contribution >= 0.6 is 0 Å². The first kappa shape index (κ1) is 8.16. The van der Waals surface area contributed by atoms with E-state index in [9.17, 15) is 0 Å². The summed E-state index contributed by atoms with van der Waals surface area (Å²) in [6, 6.07) is 4.07. The highest BCUT2D eigenvalue weighted by Crippen LogP contribution is 2.44. The van der Waals surface area contributed by atoms with Gasteiger partial charge < -0.3 is 9.47 Å². The Hall–Kier alpha value is -2.03.